The molecule has 0 aliphatic heterocycles. The summed E-state index contributed by atoms with van der Waals surface area (Å²) < 4.78 is 26.6. The molecule has 0 bridgehead atoms. The van der Waals surface area contributed by atoms with Crippen LogP contribution in [-0.2, 0) is 32.6 Å². The molecule has 0 fully saturated rings. The first-order valence-electron chi connectivity index (χ1n) is 12.1. The number of likely N-dealkylation sites (N-methyl/N-ethyl adjacent to an activating group) is 1. The minimum atomic E-state index is -3.83. The summed E-state index contributed by atoms with van der Waals surface area (Å²) in [7, 11) is -3.83. The van der Waals surface area contributed by atoms with Crippen molar-refractivity contribution in [2.75, 3.05) is 23.7 Å². The van der Waals surface area contributed by atoms with Crippen LogP contribution in [0.5, 0.6) is 0 Å². The molecule has 10 heteroatoms. The third kappa shape index (κ3) is 7.72. The van der Waals surface area contributed by atoms with Gasteiger partial charge in [0.25, 0.3) is 0 Å². The number of carbonyl (C=O) groups excluding carboxylic acids is 2. The summed E-state index contributed by atoms with van der Waals surface area (Å²) in [6.07, 6.45) is 1.25. The zero-order valence-electron chi connectivity index (χ0n) is 21.5. The molecule has 0 heterocycles. The van der Waals surface area contributed by atoms with Gasteiger partial charge < -0.3 is 10.2 Å². The van der Waals surface area contributed by atoms with Gasteiger partial charge in [-0.15, -0.1) is 0 Å². The molecular formula is C28H31Cl2N3O4S. The van der Waals surface area contributed by atoms with Crippen LogP contribution in [0.4, 0.5) is 5.69 Å². The standard InChI is InChI=1S/C28H31Cl2N3O4S/c1-4-31-28(35)26(17-21-9-6-5-7-10-21)32(18-23-24(29)11-8-12-25(23)30)27(34)19-33(38(3,36)37)22-15-13-20(2)14-16-22/h5-16,26H,4,17-19H2,1-3H3,(H,31,35). The predicted octanol–water partition coefficient (Wildman–Crippen LogP) is 4.84. The first-order chi connectivity index (χ1) is 18.0. The Kier molecular flexibility index (Phi) is 10.2. The van der Waals surface area contributed by atoms with Crippen LogP contribution < -0.4 is 9.62 Å². The predicted molar refractivity (Wildman–Crippen MR) is 153 cm³/mol. The van der Waals surface area contributed by atoms with E-state index in [4.69, 9.17) is 23.2 Å². The molecule has 202 valence electrons. The van der Waals surface area contributed by atoms with E-state index < -0.39 is 28.5 Å². The molecule has 38 heavy (non-hydrogen) atoms. The summed E-state index contributed by atoms with van der Waals surface area (Å²) in [5.41, 5.74) is 2.60. The van der Waals surface area contributed by atoms with Crippen molar-refractivity contribution in [3.63, 3.8) is 0 Å². The van der Waals surface area contributed by atoms with Crippen LogP contribution in [0.15, 0.2) is 72.8 Å². The average Bonchev–Trinajstić information content (AvgIpc) is 2.87. The number of carbonyl (C=O) groups is 2. The highest BCUT2D eigenvalue weighted by Crippen LogP contribution is 2.28. The monoisotopic (exact) mass is 575 g/mol. The minimum absolute atomic E-state index is 0.0858. The number of anilines is 1. The first kappa shape index (κ1) is 29.5. The first-order valence-corrected chi connectivity index (χ1v) is 14.7. The number of benzene rings is 3. The number of halogens is 2. The number of hydrogen-bond acceptors (Lipinski definition) is 4. The second kappa shape index (κ2) is 13.1. The van der Waals surface area contributed by atoms with Gasteiger partial charge in [-0.1, -0.05) is 77.3 Å². The van der Waals surface area contributed by atoms with Crippen molar-refractivity contribution in [2.45, 2.75) is 32.9 Å². The lowest BCUT2D eigenvalue weighted by Crippen LogP contribution is -2.53. The van der Waals surface area contributed by atoms with Crippen LogP contribution >= 0.6 is 23.2 Å². The van der Waals surface area contributed by atoms with Gasteiger partial charge in [-0.05, 0) is 43.7 Å². The van der Waals surface area contributed by atoms with Crippen LogP contribution in [0, 0.1) is 6.92 Å². The summed E-state index contributed by atoms with van der Waals surface area (Å²) in [6.45, 7) is 3.44. The van der Waals surface area contributed by atoms with Crippen LogP contribution in [0.2, 0.25) is 10.0 Å². The van der Waals surface area contributed by atoms with Crippen molar-refractivity contribution in [3.8, 4) is 0 Å². The topological polar surface area (TPSA) is 86.8 Å². The molecule has 2 amide bonds. The third-order valence-electron chi connectivity index (χ3n) is 6.01. The van der Waals surface area contributed by atoms with E-state index in [0.717, 1.165) is 21.7 Å². The van der Waals surface area contributed by atoms with Crippen LogP contribution in [0.3, 0.4) is 0 Å². The number of hydrogen-bond donors (Lipinski definition) is 1. The maximum atomic E-state index is 14.0. The van der Waals surface area contributed by atoms with Gasteiger partial charge in [0.2, 0.25) is 21.8 Å². The van der Waals surface area contributed by atoms with Crippen molar-refractivity contribution < 1.29 is 18.0 Å². The van der Waals surface area contributed by atoms with Crippen molar-refractivity contribution in [1.82, 2.24) is 10.2 Å². The molecule has 7 nitrogen and oxygen atoms in total. The molecular weight excluding hydrogens is 545 g/mol. The fourth-order valence-electron chi connectivity index (χ4n) is 4.02. The highest BCUT2D eigenvalue weighted by molar-refractivity contribution is 7.92. The van der Waals surface area contributed by atoms with Crippen LogP contribution in [0.25, 0.3) is 0 Å². The quantitative estimate of drug-likeness (QED) is 0.354. The molecule has 1 unspecified atom stereocenters. The van der Waals surface area contributed by atoms with Crippen LogP contribution in [-0.4, -0.2) is 50.5 Å². The highest BCUT2D eigenvalue weighted by atomic mass is 35.5. The Labute approximate surface area is 234 Å². The molecule has 0 spiro atoms. The maximum Gasteiger partial charge on any atom is 0.244 e. The van der Waals surface area contributed by atoms with E-state index in [1.807, 2.05) is 37.3 Å². The molecule has 0 aliphatic carbocycles. The fourth-order valence-corrected chi connectivity index (χ4v) is 5.39. The van der Waals surface area contributed by atoms with E-state index >= 15 is 0 Å². The minimum Gasteiger partial charge on any atom is -0.355 e. The number of nitrogens with zero attached hydrogens (tertiary/aromatic N) is 2. The lowest BCUT2D eigenvalue weighted by molar-refractivity contribution is -0.140. The Morgan fingerprint density at radius 3 is 2.08 bits per heavy atom. The molecule has 0 aliphatic rings. The lowest BCUT2D eigenvalue weighted by Gasteiger charge is -2.33. The van der Waals surface area contributed by atoms with E-state index in [9.17, 15) is 18.0 Å². The van der Waals surface area contributed by atoms with Crippen molar-refractivity contribution in [2.24, 2.45) is 0 Å². The Bertz CT molecular complexity index is 1350. The summed E-state index contributed by atoms with van der Waals surface area (Å²) in [6, 6.07) is 20.2. The van der Waals surface area contributed by atoms with Crippen molar-refractivity contribution in [3.05, 3.63) is 99.5 Å². The molecule has 0 radical (unpaired) electrons. The zero-order valence-corrected chi connectivity index (χ0v) is 23.9. The lowest BCUT2D eigenvalue weighted by atomic mass is 10.0. The maximum absolute atomic E-state index is 14.0. The van der Waals surface area contributed by atoms with E-state index in [1.54, 1.807) is 49.4 Å². The van der Waals surface area contributed by atoms with E-state index in [1.165, 1.54) is 4.90 Å². The molecule has 0 saturated heterocycles. The summed E-state index contributed by atoms with van der Waals surface area (Å²) in [5.74, 6) is -0.937. The summed E-state index contributed by atoms with van der Waals surface area (Å²) >= 11 is 12.9. The number of amides is 2. The number of nitrogens with one attached hydrogen (secondary N) is 1. The van der Waals surface area contributed by atoms with Gasteiger partial charge in [-0.25, -0.2) is 8.42 Å². The average molecular weight is 577 g/mol. The largest absolute Gasteiger partial charge is 0.355 e. The van der Waals surface area contributed by atoms with Crippen molar-refractivity contribution >= 4 is 50.7 Å². The summed E-state index contributed by atoms with van der Waals surface area (Å²) in [5, 5.41) is 3.48. The van der Waals surface area contributed by atoms with Gasteiger partial charge in [0.05, 0.1) is 11.9 Å². The SMILES string of the molecule is CCNC(=O)C(Cc1ccccc1)N(Cc1c(Cl)cccc1Cl)C(=O)CN(c1ccc(C)cc1)S(C)(=O)=O. The molecule has 1 N–H and O–H groups in total. The Balaban J connectivity index is 2.08. The van der Waals surface area contributed by atoms with Gasteiger partial charge in [0.1, 0.15) is 12.6 Å². The smallest absolute Gasteiger partial charge is 0.244 e. The van der Waals surface area contributed by atoms with Gasteiger partial charge in [-0.2, -0.15) is 0 Å². The molecule has 3 aromatic carbocycles. The number of rotatable bonds is 11. The molecule has 0 aromatic heterocycles. The van der Waals surface area contributed by atoms with E-state index in [0.29, 0.717) is 27.8 Å². The fraction of sp³-hybridized carbons (Fsp3) is 0.286. The van der Waals surface area contributed by atoms with Gasteiger partial charge in [-0.3, -0.25) is 13.9 Å². The van der Waals surface area contributed by atoms with Gasteiger partial charge in [0.15, 0.2) is 0 Å². The number of sulfonamides is 1. The van der Waals surface area contributed by atoms with Crippen molar-refractivity contribution in [1.29, 1.82) is 0 Å². The third-order valence-corrected chi connectivity index (χ3v) is 7.86. The van der Waals surface area contributed by atoms with E-state index in [-0.39, 0.29) is 18.9 Å². The normalized spacial score (nSPS) is 12.0. The molecule has 1 atom stereocenters. The number of aryl methyl sites for hydroxylation is 1. The second-order valence-corrected chi connectivity index (χ2v) is 11.6. The zero-order chi connectivity index (χ0) is 27.9. The molecule has 3 aromatic rings. The van der Waals surface area contributed by atoms with Gasteiger partial charge >= 0.3 is 0 Å². The second-order valence-electron chi connectivity index (χ2n) is 8.93. The molecule has 0 saturated carbocycles. The highest BCUT2D eigenvalue weighted by Gasteiger charge is 2.33. The molecule has 3 rings (SSSR count). The summed E-state index contributed by atoms with van der Waals surface area (Å²) in [4.78, 5) is 28.7. The van der Waals surface area contributed by atoms with Crippen LogP contribution in [0.1, 0.15) is 23.6 Å². The Morgan fingerprint density at radius 1 is 0.921 bits per heavy atom. The van der Waals surface area contributed by atoms with Gasteiger partial charge in [0, 0.05) is 35.1 Å². The Morgan fingerprint density at radius 2 is 1.53 bits per heavy atom. The van der Waals surface area contributed by atoms with E-state index in [2.05, 4.69) is 5.32 Å². The Hall–Kier alpha value is -3.07.